The minimum absolute atomic E-state index is 0.802. The van der Waals surface area contributed by atoms with E-state index in [0.29, 0.717) is 0 Å². The SMILES string of the molecule is Nc1ccc2ccccc2c1-c1sc2ccccc2c1Cc1ccc(-c2cc(-n3c4ccccc4c4ccccc43)cc(-n3c4ccccc4c4ccccc43)c2)cc1. The second kappa shape index (κ2) is 13.3. The van der Waals surface area contributed by atoms with Gasteiger partial charge in [-0.2, -0.15) is 0 Å². The van der Waals surface area contributed by atoms with E-state index in [1.54, 1.807) is 0 Å². The number of benzene rings is 9. The number of nitrogens with zero attached hydrogens (tertiary/aromatic N) is 2. The van der Waals surface area contributed by atoms with Crippen molar-refractivity contribution in [2.24, 2.45) is 0 Å². The van der Waals surface area contributed by atoms with E-state index in [-0.39, 0.29) is 0 Å². The van der Waals surface area contributed by atoms with Crippen LogP contribution in [0.4, 0.5) is 5.69 Å². The third-order valence-corrected chi connectivity index (χ3v) is 13.4. The number of nitrogens with two attached hydrogens (primary N) is 1. The Kier molecular flexibility index (Phi) is 7.62. The van der Waals surface area contributed by atoms with Gasteiger partial charge in [-0.15, -0.1) is 11.3 Å². The topological polar surface area (TPSA) is 35.9 Å². The summed E-state index contributed by atoms with van der Waals surface area (Å²) in [6.45, 7) is 0. The van der Waals surface area contributed by atoms with E-state index in [9.17, 15) is 0 Å². The molecule has 3 heterocycles. The van der Waals surface area contributed by atoms with Crippen LogP contribution >= 0.6 is 11.3 Å². The second-order valence-electron chi connectivity index (χ2n) is 15.5. The summed E-state index contributed by atoms with van der Waals surface area (Å²) in [5.41, 5.74) is 20.7. The number of hydrogen-bond acceptors (Lipinski definition) is 2. The first kappa shape index (κ1) is 33.7. The van der Waals surface area contributed by atoms with E-state index in [1.165, 1.54) is 86.0 Å². The van der Waals surface area contributed by atoms with Crippen LogP contribution < -0.4 is 5.73 Å². The molecule has 0 bridgehead atoms. The van der Waals surface area contributed by atoms with Crippen LogP contribution in [0, 0.1) is 0 Å². The minimum atomic E-state index is 0.802. The molecule has 0 amide bonds. The molecule has 0 spiro atoms. The zero-order chi connectivity index (χ0) is 39.0. The van der Waals surface area contributed by atoms with Crippen molar-refractivity contribution >= 4 is 81.5 Å². The van der Waals surface area contributed by atoms with E-state index >= 15 is 0 Å². The van der Waals surface area contributed by atoms with Gasteiger partial charge in [0.1, 0.15) is 0 Å². The molecular formula is C55H37N3S. The summed E-state index contributed by atoms with van der Waals surface area (Å²) in [6.07, 6.45) is 0.802. The Labute approximate surface area is 345 Å². The molecule has 0 atom stereocenters. The van der Waals surface area contributed by atoms with Crippen molar-refractivity contribution in [1.82, 2.24) is 9.13 Å². The van der Waals surface area contributed by atoms with Gasteiger partial charge in [0.25, 0.3) is 0 Å². The molecule has 59 heavy (non-hydrogen) atoms. The first-order valence-corrected chi connectivity index (χ1v) is 21.0. The molecule has 12 rings (SSSR count). The van der Waals surface area contributed by atoms with Gasteiger partial charge in [0.2, 0.25) is 0 Å². The summed E-state index contributed by atoms with van der Waals surface area (Å²) in [4.78, 5) is 1.25. The summed E-state index contributed by atoms with van der Waals surface area (Å²) < 4.78 is 6.14. The number of aromatic nitrogens is 2. The average molecular weight is 772 g/mol. The molecule has 0 aliphatic rings. The van der Waals surface area contributed by atoms with Crippen LogP contribution in [0.1, 0.15) is 11.1 Å². The number of anilines is 1. The molecule has 3 nitrogen and oxygen atoms in total. The van der Waals surface area contributed by atoms with Gasteiger partial charge in [0.05, 0.1) is 22.1 Å². The highest BCUT2D eigenvalue weighted by molar-refractivity contribution is 7.22. The fraction of sp³-hybridized carbons (Fsp3) is 0.0182. The van der Waals surface area contributed by atoms with Gasteiger partial charge >= 0.3 is 0 Å². The van der Waals surface area contributed by atoms with Crippen molar-refractivity contribution in [3.8, 4) is 32.9 Å². The quantitative estimate of drug-likeness (QED) is 0.168. The van der Waals surface area contributed by atoms with Crippen molar-refractivity contribution < 1.29 is 0 Å². The number of rotatable bonds is 6. The van der Waals surface area contributed by atoms with E-state index in [2.05, 4.69) is 209 Å². The maximum atomic E-state index is 6.81. The Hall–Kier alpha value is -7.40. The Bertz CT molecular complexity index is 3360. The van der Waals surface area contributed by atoms with Crippen LogP contribution in [-0.4, -0.2) is 9.13 Å². The van der Waals surface area contributed by atoms with Gasteiger partial charge in [0, 0.05) is 53.7 Å². The zero-order valence-corrected chi connectivity index (χ0v) is 33.0. The molecule has 0 fully saturated rings. The van der Waals surface area contributed by atoms with Gasteiger partial charge < -0.3 is 14.9 Å². The zero-order valence-electron chi connectivity index (χ0n) is 32.1. The molecule has 0 unspecified atom stereocenters. The smallest absolute Gasteiger partial charge is 0.0541 e. The monoisotopic (exact) mass is 771 g/mol. The molecule has 0 aliphatic carbocycles. The summed E-state index contributed by atoms with van der Waals surface area (Å²) in [7, 11) is 0. The van der Waals surface area contributed by atoms with Gasteiger partial charge in [-0.3, -0.25) is 0 Å². The molecule has 9 aromatic carbocycles. The Morgan fingerprint density at radius 3 is 1.44 bits per heavy atom. The Morgan fingerprint density at radius 2 is 0.881 bits per heavy atom. The highest BCUT2D eigenvalue weighted by atomic mass is 32.1. The Morgan fingerprint density at radius 1 is 0.407 bits per heavy atom. The van der Waals surface area contributed by atoms with Crippen molar-refractivity contribution in [2.75, 3.05) is 5.73 Å². The lowest BCUT2D eigenvalue weighted by Crippen LogP contribution is -2.00. The summed E-state index contributed by atoms with van der Waals surface area (Å²) in [5.74, 6) is 0. The van der Waals surface area contributed by atoms with Crippen LogP contribution in [0.5, 0.6) is 0 Å². The predicted molar refractivity (Wildman–Crippen MR) is 253 cm³/mol. The lowest BCUT2D eigenvalue weighted by Gasteiger charge is -2.16. The van der Waals surface area contributed by atoms with E-state index in [4.69, 9.17) is 5.73 Å². The van der Waals surface area contributed by atoms with Gasteiger partial charge in [-0.05, 0) is 99.4 Å². The van der Waals surface area contributed by atoms with Crippen LogP contribution in [-0.2, 0) is 6.42 Å². The molecule has 278 valence electrons. The number of nitrogen functional groups attached to an aromatic ring is 1. The first-order chi connectivity index (χ1) is 29.2. The maximum absolute atomic E-state index is 6.81. The largest absolute Gasteiger partial charge is 0.398 e. The van der Waals surface area contributed by atoms with Gasteiger partial charge in [-0.1, -0.05) is 146 Å². The molecule has 12 aromatic rings. The summed E-state index contributed by atoms with van der Waals surface area (Å²) in [5, 5.41) is 8.69. The number of thiophene rings is 1. The van der Waals surface area contributed by atoms with E-state index in [0.717, 1.165) is 34.6 Å². The number of hydrogen-bond donors (Lipinski definition) is 1. The molecule has 0 saturated carbocycles. The molecule has 0 radical (unpaired) electrons. The standard InChI is InChI=1S/C55H37N3S/c56-48-30-29-37-13-1-2-14-41(37)54(48)55-47(46-19-7-12-24-53(46)59-55)31-35-25-27-36(28-26-35)38-32-39(57-49-20-8-3-15-42(49)43-16-4-9-21-50(43)57)34-40(33-38)58-51-22-10-5-17-44(51)45-18-6-11-23-52(45)58/h1-30,32-34H,31,56H2. The third kappa shape index (κ3) is 5.34. The predicted octanol–water partition coefficient (Wildman–Crippen LogP) is 14.8. The third-order valence-electron chi connectivity index (χ3n) is 12.1. The normalized spacial score (nSPS) is 11.9. The summed E-state index contributed by atoms with van der Waals surface area (Å²) in [6, 6.07) is 72.9. The number of fused-ring (bicyclic) bond motifs is 8. The lowest BCUT2D eigenvalue weighted by atomic mass is 9.94. The molecule has 0 saturated heterocycles. The van der Waals surface area contributed by atoms with Gasteiger partial charge in [-0.25, -0.2) is 0 Å². The van der Waals surface area contributed by atoms with Gasteiger partial charge in [0.15, 0.2) is 0 Å². The average Bonchev–Trinajstić information content (AvgIpc) is 3.94. The fourth-order valence-electron chi connectivity index (χ4n) is 9.46. The minimum Gasteiger partial charge on any atom is -0.398 e. The molecule has 3 aromatic heterocycles. The van der Waals surface area contributed by atoms with Crippen molar-refractivity contribution in [3.05, 3.63) is 211 Å². The van der Waals surface area contributed by atoms with E-state index < -0.39 is 0 Å². The summed E-state index contributed by atoms with van der Waals surface area (Å²) >= 11 is 1.84. The maximum Gasteiger partial charge on any atom is 0.0541 e. The molecule has 2 N–H and O–H groups in total. The van der Waals surface area contributed by atoms with Crippen LogP contribution in [0.15, 0.2) is 200 Å². The van der Waals surface area contributed by atoms with Crippen LogP contribution in [0.25, 0.3) is 97.4 Å². The van der Waals surface area contributed by atoms with Crippen molar-refractivity contribution in [1.29, 1.82) is 0 Å². The highest BCUT2D eigenvalue weighted by Crippen LogP contribution is 2.45. The fourth-order valence-corrected chi connectivity index (χ4v) is 10.8. The van der Waals surface area contributed by atoms with E-state index in [1.807, 2.05) is 11.3 Å². The lowest BCUT2D eigenvalue weighted by molar-refractivity contribution is 1.13. The number of para-hydroxylation sites is 4. The Balaban J connectivity index is 1.03. The van der Waals surface area contributed by atoms with Crippen LogP contribution in [0.3, 0.4) is 0 Å². The molecule has 0 aliphatic heterocycles. The first-order valence-electron chi connectivity index (χ1n) is 20.2. The van der Waals surface area contributed by atoms with Crippen molar-refractivity contribution in [2.45, 2.75) is 6.42 Å². The molecule has 4 heteroatoms. The van der Waals surface area contributed by atoms with Crippen molar-refractivity contribution in [3.63, 3.8) is 0 Å². The van der Waals surface area contributed by atoms with Crippen LogP contribution in [0.2, 0.25) is 0 Å². The molecular weight excluding hydrogens is 735 g/mol. The second-order valence-corrected chi connectivity index (χ2v) is 16.6. The highest BCUT2D eigenvalue weighted by Gasteiger charge is 2.20.